The summed E-state index contributed by atoms with van der Waals surface area (Å²) in [6, 6.07) is 11.7. The molecule has 2 aliphatic heterocycles. The lowest BCUT2D eigenvalue weighted by Crippen LogP contribution is -2.50. The molecule has 6 rings (SSSR count). The number of benzene rings is 1. The van der Waals surface area contributed by atoms with Gasteiger partial charge in [0.25, 0.3) is 5.91 Å². The summed E-state index contributed by atoms with van der Waals surface area (Å²) in [6.45, 7) is 10.0. The number of thiazole rings is 1. The summed E-state index contributed by atoms with van der Waals surface area (Å²) in [5.74, 6) is 0.657. The topological polar surface area (TPSA) is 139 Å². The SMILES string of the molecule is C=CC(=O)N1CCN(c2ncc(-c3ccc(OC)c(Nc4ncc(C(=O)Nc5ccccc5F)s4)n3)cc2N2CCN(CCO)CC2)CC1. The highest BCUT2D eigenvalue weighted by molar-refractivity contribution is 7.17. The fraction of sp³-hybridized carbons (Fsp3) is 0.324. The molecule has 13 nitrogen and oxygen atoms in total. The molecule has 0 bridgehead atoms. The van der Waals surface area contributed by atoms with Crippen molar-refractivity contribution >= 4 is 51.3 Å². The molecule has 3 aromatic heterocycles. The number of halogens is 1. The second-order valence-corrected chi connectivity index (χ2v) is 12.5. The van der Waals surface area contributed by atoms with Crippen LogP contribution < -0.4 is 25.2 Å². The third-order valence-corrected chi connectivity index (χ3v) is 9.40. The van der Waals surface area contributed by atoms with Gasteiger partial charge >= 0.3 is 0 Å². The van der Waals surface area contributed by atoms with Crippen molar-refractivity contribution in [2.75, 3.05) is 93.1 Å². The van der Waals surface area contributed by atoms with Gasteiger partial charge in [0.1, 0.15) is 10.7 Å². The van der Waals surface area contributed by atoms with Gasteiger partial charge in [-0.05, 0) is 36.4 Å². The number of carbonyl (C=O) groups is 2. The van der Waals surface area contributed by atoms with Gasteiger partial charge < -0.3 is 35.2 Å². The van der Waals surface area contributed by atoms with Crippen LogP contribution in [0.15, 0.2) is 67.5 Å². The zero-order valence-corrected chi connectivity index (χ0v) is 28.0. The van der Waals surface area contributed by atoms with Crippen molar-refractivity contribution < 1.29 is 23.8 Å². The quantitative estimate of drug-likeness (QED) is 0.199. The maximum absolute atomic E-state index is 14.1. The molecule has 3 N–H and O–H groups in total. The van der Waals surface area contributed by atoms with Gasteiger partial charge in [0.2, 0.25) is 5.91 Å². The third-order valence-electron chi connectivity index (χ3n) is 8.49. The molecule has 256 valence electrons. The molecule has 5 heterocycles. The van der Waals surface area contributed by atoms with Gasteiger partial charge in [0.15, 0.2) is 22.5 Å². The summed E-state index contributed by atoms with van der Waals surface area (Å²) < 4.78 is 19.6. The van der Waals surface area contributed by atoms with Crippen molar-refractivity contribution in [3.63, 3.8) is 0 Å². The van der Waals surface area contributed by atoms with Gasteiger partial charge in [-0.1, -0.05) is 30.0 Å². The Hall–Kier alpha value is -5.12. The van der Waals surface area contributed by atoms with Crippen LogP contribution in [0.3, 0.4) is 0 Å². The van der Waals surface area contributed by atoms with Crippen molar-refractivity contribution in [2.24, 2.45) is 0 Å². The molecule has 4 aromatic rings. The number of nitrogens with zero attached hydrogens (tertiary/aromatic N) is 7. The molecule has 0 aliphatic carbocycles. The number of aliphatic hydroxyl groups excluding tert-OH is 1. The number of amides is 2. The highest BCUT2D eigenvalue weighted by Gasteiger charge is 2.27. The molecule has 0 atom stereocenters. The Morgan fingerprint density at radius 2 is 1.78 bits per heavy atom. The average Bonchev–Trinajstić information content (AvgIpc) is 3.61. The first-order valence-electron chi connectivity index (χ1n) is 16.0. The Morgan fingerprint density at radius 3 is 2.49 bits per heavy atom. The molecule has 2 saturated heterocycles. The lowest BCUT2D eigenvalue weighted by molar-refractivity contribution is -0.126. The molecule has 1 aromatic carbocycles. The van der Waals surface area contributed by atoms with E-state index >= 15 is 0 Å². The highest BCUT2D eigenvalue weighted by Crippen LogP contribution is 2.36. The number of hydrogen-bond acceptors (Lipinski definition) is 12. The number of methoxy groups -OCH3 is 1. The normalized spacial score (nSPS) is 15.2. The second kappa shape index (κ2) is 15.4. The standard InChI is InChI=1S/C34H38FN9O4S/c1-3-30(46)43-14-16-44(17-15-43)32-27(42-12-10-41(11-13-42)18-19-45)20-23(21-36-32)25-8-9-28(48-2)31(38-25)40-34-37-22-29(49-34)33(47)39-26-7-5-4-6-24(26)35/h3-9,20-22,45H,1,10-19H2,2H3,(H,39,47)(H,37,38,40). The first-order chi connectivity index (χ1) is 23.9. The van der Waals surface area contributed by atoms with E-state index in [1.807, 2.05) is 6.07 Å². The Labute approximate surface area is 287 Å². The third kappa shape index (κ3) is 7.80. The summed E-state index contributed by atoms with van der Waals surface area (Å²) in [7, 11) is 1.55. The van der Waals surface area contributed by atoms with Crippen LogP contribution in [0.4, 0.5) is 32.5 Å². The van der Waals surface area contributed by atoms with E-state index in [-0.39, 0.29) is 18.2 Å². The van der Waals surface area contributed by atoms with E-state index in [4.69, 9.17) is 14.7 Å². The summed E-state index contributed by atoms with van der Waals surface area (Å²) >= 11 is 1.10. The van der Waals surface area contributed by atoms with Crippen molar-refractivity contribution in [3.8, 4) is 17.0 Å². The van der Waals surface area contributed by atoms with E-state index < -0.39 is 11.7 Å². The fourth-order valence-electron chi connectivity index (χ4n) is 5.83. The number of β-amino-alcohol motifs (C(OH)–C–C–N with tert-alkyl or cyclic N) is 1. The monoisotopic (exact) mass is 687 g/mol. The molecule has 0 unspecified atom stereocenters. The van der Waals surface area contributed by atoms with Gasteiger partial charge in [-0.2, -0.15) is 0 Å². The van der Waals surface area contributed by atoms with Crippen molar-refractivity contribution in [3.05, 3.63) is 78.2 Å². The van der Waals surface area contributed by atoms with Gasteiger partial charge in [-0.25, -0.2) is 19.3 Å². The minimum Gasteiger partial charge on any atom is -0.493 e. The summed E-state index contributed by atoms with van der Waals surface area (Å²) in [5.41, 5.74) is 2.51. The molecule has 0 saturated carbocycles. The first-order valence-corrected chi connectivity index (χ1v) is 16.8. The Morgan fingerprint density at radius 1 is 1.02 bits per heavy atom. The van der Waals surface area contributed by atoms with Crippen molar-refractivity contribution in [1.29, 1.82) is 0 Å². The number of ether oxygens (including phenoxy) is 1. The minimum absolute atomic E-state index is 0.0713. The number of hydrogen-bond donors (Lipinski definition) is 3. The number of piperazine rings is 2. The summed E-state index contributed by atoms with van der Waals surface area (Å²) in [5, 5.41) is 15.6. The van der Waals surface area contributed by atoms with Crippen LogP contribution in [-0.2, 0) is 4.79 Å². The molecular weight excluding hydrogens is 649 g/mol. The van der Waals surface area contributed by atoms with Crippen LogP contribution in [0.25, 0.3) is 11.3 Å². The van der Waals surface area contributed by atoms with Gasteiger partial charge in [0.05, 0.1) is 37.0 Å². The lowest BCUT2D eigenvalue weighted by Gasteiger charge is -2.40. The fourth-order valence-corrected chi connectivity index (χ4v) is 6.54. The zero-order chi connectivity index (χ0) is 34.3. The smallest absolute Gasteiger partial charge is 0.267 e. The number of carbonyl (C=O) groups excluding carboxylic acids is 2. The molecule has 15 heteroatoms. The van der Waals surface area contributed by atoms with E-state index in [1.54, 1.807) is 36.4 Å². The van der Waals surface area contributed by atoms with E-state index in [1.165, 1.54) is 24.4 Å². The summed E-state index contributed by atoms with van der Waals surface area (Å²) in [6.07, 6.45) is 4.57. The number of anilines is 5. The molecule has 0 radical (unpaired) electrons. The first kappa shape index (κ1) is 33.8. The van der Waals surface area contributed by atoms with E-state index in [0.717, 1.165) is 54.6 Å². The average molecular weight is 688 g/mol. The molecule has 0 spiro atoms. The van der Waals surface area contributed by atoms with E-state index in [2.05, 4.69) is 43.0 Å². The van der Waals surface area contributed by atoms with E-state index in [0.29, 0.717) is 60.0 Å². The predicted octanol–water partition coefficient (Wildman–Crippen LogP) is 3.69. The minimum atomic E-state index is -0.526. The van der Waals surface area contributed by atoms with Gasteiger partial charge in [-0.15, -0.1) is 0 Å². The Bertz CT molecular complexity index is 1810. The predicted molar refractivity (Wildman–Crippen MR) is 188 cm³/mol. The largest absolute Gasteiger partial charge is 0.493 e. The molecule has 49 heavy (non-hydrogen) atoms. The maximum Gasteiger partial charge on any atom is 0.267 e. The van der Waals surface area contributed by atoms with Crippen molar-refractivity contribution in [2.45, 2.75) is 0 Å². The van der Waals surface area contributed by atoms with Crippen LogP contribution in [0.1, 0.15) is 9.67 Å². The number of pyridine rings is 2. The van der Waals surface area contributed by atoms with Crippen LogP contribution >= 0.6 is 11.3 Å². The lowest BCUT2D eigenvalue weighted by atomic mass is 10.1. The molecule has 2 fully saturated rings. The molecule has 2 amide bonds. The van der Waals surface area contributed by atoms with Crippen LogP contribution in [0.5, 0.6) is 5.75 Å². The Kier molecular flexibility index (Phi) is 10.6. The van der Waals surface area contributed by atoms with Crippen LogP contribution in [-0.4, -0.2) is 114 Å². The molecule has 2 aliphatic rings. The van der Waals surface area contributed by atoms with E-state index in [9.17, 15) is 19.1 Å². The zero-order valence-electron chi connectivity index (χ0n) is 27.1. The number of aliphatic hydroxyl groups is 1. The Balaban J connectivity index is 1.25. The maximum atomic E-state index is 14.1. The number of rotatable bonds is 11. The number of nitrogens with one attached hydrogen (secondary N) is 2. The number of para-hydroxylation sites is 1. The number of aromatic nitrogens is 3. The van der Waals surface area contributed by atoms with Crippen LogP contribution in [0, 0.1) is 5.82 Å². The van der Waals surface area contributed by atoms with Gasteiger partial charge in [0, 0.05) is 70.7 Å². The highest BCUT2D eigenvalue weighted by atomic mass is 32.1. The second-order valence-electron chi connectivity index (χ2n) is 11.5. The van der Waals surface area contributed by atoms with Crippen molar-refractivity contribution in [1.82, 2.24) is 24.8 Å². The summed E-state index contributed by atoms with van der Waals surface area (Å²) in [4.78, 5) is 48.0. The van der Waals surface area contributed by atoms with Crippen LogP contribution in [0.2, 0.25) is 0 Å². The molecular formula is C34H38FN9O4S. The van der Waals surface area contributed by atoms with Gasteiger partial charge in [-0.3, -0.25) is 14.5 Å².